The quantitative estimate of drug-likeness (QED) is 0.535. The standard InChI is InChI=1S/C27H37N3O4S/c1-4-25(27(32)28-23-11-7-5-8-12-23)29(19-22-17-15-21(2)16-18-22)26(31)20-30(35(3,33)34)24-13-9-6-10-14-24/h6,9-10,13-18,23,25H,4-5,7-8,11-12,19-20H2,1-3H3,(H,28,32). The summed E-state index contributed by atoms with van der Waals surface area (Å²) in [6.45, 7) is 3.72. The molecule has 0 heterocycles. The van der Waals surface area contributed by atoms with Crippen molar-refractivity contribution in [3.63, 3.8) is 0 Å². The van der Waals surface area contributed by atoms with Gasteiger partial charge in [-0.3, -0.25) is 13.9 Å². The Morgan fingerprint density at radius 2 is 1.63 bits per heavy atom. The zero-order valence-corrected chi connectivity index (χ0v) is 21.8. The van der Waals surface area contributed by atoms with E-state index in [0.29, 0.717) is 12.1 Å². The second kappa shape index (κ2) is 12.2. The molecule has 1 aliphatic carbocycles. The van der Waals surface area contributed by atoms with Gasteiger partial charge in [-0.15, -0.1) is 0 Å². The molecule has 7 nitrogen and oxygen atoms in total. The van der Waals surface area contributed by atoms with Crippen molar-refractivity contribution in [3.05, 3.63) is 65.7 Å². The molecule has 1 fully saturated rings. The molecule has 35 heavy (non-hydrogen) atoms. The molecule has 0 bridgehead atoms. The SMILES string of the molecule is CCC(C(=O)NC1CCCCC1)N(Cc1ccc(C)cc1)C(=O)CN(c1ccccc1)S(C)(=O)=O. The molecule has 0 aliphatic heterocycles. The third kappa shape index (κ3) is 7.56. The third-order valence-corrected chi connectivity index (χ3v) is 7.67. The topological polar surface area (TPSA) is 86.8 Å². The van der Waals surface area contributed by atoms with Gasteiger partial charge in [-0.25, -0.2) is 8.42 Å². The van der Waals surface area contributed by atoms with E-state index in [2.05, 4.69) is 5.32 Å². The highest BCUT2D eigenvalue weighted by Crippen LogP contribution is 2.21. The maximum absolute atomic E-state index is 13.7. The van der Waals surface area contributed by atoms with Gasteiger partial charge in [0.15, 0.2) is 0 Å². The molecule has 0 aromatic heterocycles. The summed E-state index contributed by atoms with van der Waals surface area (Å²) in [7, 11) is -3.72. The van der Waals surface area contributed by atoms with Crippen molar-refractivity contribution in [3.8, 4) is 0 Å². The van der Waals surface area contributed by atoms with Gasteiger partial charge in [-0.05, 0) is 43.9 Å². The van der Waals surface area contributed by atoms with Crippen LogP contribution in [0.5, 0.6) is 0 Å². The van der Waals surface area contributed by atoms with Crippen molar-refractivity contribution in [2.45, 2.75) is 71.0 Å². The van der Waals surface area contributed by atoms with Crippen LogP contribution >= 0.6 is 0 Å². The number of sulfonamides is 1. The summed E-state index contributed by atoms with van der Waals surface area (Å²) in [5, 5.41) is 3.15. The molecule has 8 heteroatoms. The Labute approximate surface area is 209 Å². The second-order valence-corrected chi connectivity index (χ2v) is 11.3. The first-order valence-corrected chi connectivity index (χ1v) is 14.2. The minimum absolute atomic E-state index is 0.124. The molecule has 1 atom stereocenters. The lowest BCUT2D eigenvalue weighted by atomic mass is 9.95. The Hall–Kier alpha value is -2.87. The highest BCUT2D eigenvalue weighted by Gasteiger charge is 2.32. The van der Waals surface area contributed by atoms with E-state index in [1.54, 1.807) is 30.3 Å². The Balaban J connectivity index is 1.88. The van der Waals surface area contributed by atoms with Crippen LogP contribution in [0.3, 0.4) is 0 Å². The number of rotatable bonds is 10. The molecule has 0 saturated heterocycles. The van der Waals surface area contributed by atoms with Crippen LogP contribution in [0.2, 0.25) is 0 Å². The second-order valence-electron chi connectivity index (χ2n) is 9.38. The highest BCUT2D eigenvalue weighted by atomic mass is 32.2. The summed E-state index contributed by atoms with van der Waals surface area (Å²) in [4.78, 5) is 28.6. The third-order valence-electron chi connectivity index (χ3n) is 6.53. The predicted octanol–water partition coefficient (Wildman–Crippen LogP) is 4.02. The summed E-state index contributed by atoms with van der Waals surface area (Å²) in [5.41, 5.74) is 2.40. The molecular formula is C27H37N3O4S. The monoisotopic (exact) mass is 499 g/mol. The molecule has 0 radical (unpaired) electrons. The number of hydrogen-bond acceptors (Lipinski definition) is 4. The molecule has 1 unspecified atom stereocenters. The smallest absolute Gasteiger partial charge is 0.244 e. The van der Waals surface area contributed by atoms with Gasteiger partial charge in [-0.1, -0.05) is 74.2 Å². The number of amides is 2. The van der Waals surface area contributed by atoms with Gasteiger partial charge < -0.3 is 10.2 Å². The fourth-order valence-electron chi connectivity index (χ4n) is 4.56. The lowest BCUT2D eigenvalue weighted by molar-refractivity contribution is -0.140. The molecule has 1 aliphatic rings. The predicted molar refractivity (Wildman–Crippen MR) is 139 cm³/mol. The average molecular weight is 500 g/mol. The van der Waals surface area contributed by atoms with E-state index in [1.165, 1.54) is 11.3 Å². The largest absolute Gasteiger partial charge is 0.352 e. The number of benzene rings is 2. The molecule has 2 aromatic rings. The fraction of sp³-hybridized carbons (Fsp3) is 0.481. The lowest BCUT2D eigenvalue weighted by Gasteiger charge is -2.34. The molecular weight excluding hydrogens is 462 g/mol. The van der Waals surface area contributed by atoms with Gasteiger partial charge in [0.05, 0.1) is 11.9 Å². The van der Waals surface area contributed by atoms with Crippen LogP contribution < -0.4 is 9.62 Å². The molecule has 2 amide bonds. The zero-order valence-electron chi connectivity index (χ0n) is 20.9. The van der Waals surface area contributed by atoms with Crippen LogP contribution in [0.1, 0.15) is 56.6 Å². The number of para-hydroxylation sites is 1. The van der Waals surface area contributed by atoms with E-state index in [1.807, 2.05) is 38.1 Å². The molecule has 2 aromatic carbocycles. The van der Waals surface area contributed by atoms with E-state index in [-0.39, 0.29) is 25.0 Å². The number of anilines is 1. The fourth-order valence-corrected chi connectivity index (χ4v) is 5.41. The van der Waals surface area contributed by atoms with Crippen LogP contribution in [0.15, 0.2) is 54.6 Å². The maximum Gasteiger partial charge on any atom is 0.244 e. The van der Waals surface area contributed by atoms with Crippen molar-refractivity contribution in [1.29, 1.82) is 0 Å². The summed E-state index contributed by atoms with van der Waals surface area (Å²) in [6.07, 6.45) is 6.78. The summed E-state index contributed by atoms with van der Waals surface area (Å²) >= 11 is 0. The lowest BCUT2D eigenvalue weighted by Crippen LogP contribution is -2.53. The van der Waals surface area contributed by atoms with E-state index in [0.717, 1.165) is 47.4 Å². The number of nitrogens with one attached hydrogen (secondary N) is 1. The van der Waals surface area contributed by atoms with Crippen molar-refractivity contribution in [2.24, 2.45) is 0 Å². The van der Waals surface area contributed by atoms with Crippen LogP contribution in [0, 0.1) is 6.92 Å². The van der Waals surface area contributed by atoms with E-state index >= 15 is 0 Å². The van der Waals surface area contributed by atoms with Crippen LogP contribution in [0.25, 0.3) is 0 Å². The maximum atomic E-state index is 13.7. The van der Waals surface area contributed by atoms with Crippen LogP contribution in [-0.2, 0) is 26.2 Å². The highest BCUT2D eigenvalue weighted by molar-refractivity contribution is 7.92. The van der Waals surface area contributed by atoms with Gasteiger partial charge in [0.25, 0.3) is 0 Å². The van der Waals surface area contributed by atoms with Crippen molar-refractivity contribution < 1.29 is 18.0 Å². The van der Waals surface area contributed by atoms with E-state index in [9.17, 15) is 18.0 Å². The zero-order chi connectivity index (χ0) is 25.4. The summed E-state index contributed by atoms with van der Waals surface area (Å²) in [5.74, 6) is -0.587. The first-order chi connectivity index (χ1) is 16.7. The van der Waals surface area contributed by atoms with Crippen LogP contribution in [0.4, 0.5) is 5.69 Å². The Morgan fingerprint density at radius 1 is 1.00 bits per heavy atom. The van der Waals surface area contributed by atoms with E-state index in [4.69, 9.17) is 0 Å². The minimum Gasteiger partial charge on any atom is -0.352 e. The molecule has 1 saturated carbocycles. The first-order valence-electron chi connectivity index (χ1n) is 12.4. The first kappa shape index (κ1) is 26.7. The van der Waals surface area contributed by atoms with Crippen molar-refractivity contribution in [1.82, 2.24) is 10.2 Å². The van der Waals surface area contributed by atoms with Crippen LogP contribution in [-0.4, -0.2) is 50.0 Å². The van der Waals surface area contributed by atoms with Gasteiger partial charge >= 0.3 is 0 Å². The molecule has 190 valence electrons. The average Bonchev–Trinajstić information content (AvgIpc) is 2.84. The Morgan fingerprint density at radius 3 is 2.20 bits per heavy atom. The van der Waals surface area contributed by atoms with Crippen molar-refractivity contribution in [2.75, 3.05) is 17.1 Å². The number of carbonyl (C=O) groups excluding carboxylic acids is 2. The molecule has 1 N–H and O–H groups in total. The molecule has 0 spiro atoms. The minimum atomic E-state index is -3.72. The number of carbonyl (C=O) groups is 2. The Bertz CT molecular complexity index is 1080. The van der Waals surface area contributed by atoms with Gasteiger partial charge in [-0.2, -0.15) is 0 Å². The van der Waals surface area contributed by atoms with E-state index < -0.39 is 22.0 Å². The van der Waals surface area contributed by atoms with Gasteiger partial charge in [0.2, 0.25) is 21.8 Å². The Kier molecular flexibility index (Phi) is 9.32. The normalized spacial score (nSPS) is 15.3. The molecule has 3 rings (SSSR count). The number of nitrogens with zero attached hydrogens (tertiary/aromatic N) is 2. The number of aryl methyl sites for hydroxylation is 1. The summed E-state index contributed by atoms with van der Waals surface area (Å²) in [6, 6.07) is 15.8. The van der Waals surface area contributed by atoms with Gasteiger partial charge in [0.1, 0.15) is 12.6 Å². The number of hydrogen-bond donors (Lipinski definition) is 1. The van der Waals surface area contributed by atoms with Gasteiger partial charge in [0, 0.05) is 12.6 Å². The van der Waals surface area contributed by atoms with Crippen molar-refractivity contribution >= 4 is 27.5 Å². The summed E-state index contributed by atoms with van der Waals surface area (Å²) < 4.78 is 26.3.